The van der Waals surface area contributed by atoms with Crippen molar-refractivity contribution in [2.45, 2.75) is 57.8 Å². The normalized spacial score (nSPS) is 18.0. The maximum absolute atomic E-state index is 9.72. The molecular formula is C18H26O3. The van der Waals surface area contributed by atoms with E-state index >= 15 is 0 Å². The quantitative estimate of drug-likeness (QED) is 0.804. The van der Waals surface area contributed by atoms with Crippen molar-refractivity contribution in [1.29, 1.82) is 0 Å². The molecule has 2 rings (SSSR count). The summed E-state index contributed by atoms with van der Waals surface area (Å²) in [7, 11) is 0. The zero-order valence-corrected chi connectivity index (χ0v) is 13.0. The molecule has 1 aromatic rings. The first-order valence-corrected chi connectivity index (χ1v) is 7.78. The summed E-state index contributed by atoms with van der Waals surface area (Å²) in [5.74, 6) is 0.798. The van der Waals surface area contributed by atoms with Gasteiger partial charge in [-0.15, -0.1) is 0 Å². The van der Waals surface area contributed by atoms with E-state index < -0.39 is 0 Å². The molecular weight excluding hydrogens is 264 g/mol. The van der Waals surface area contributed by atoms with Crippen molar-refractivity contribution < 1.29 is 14.6 Å². The van der Waals surface area contributed by atoms with Crippen LogP contribution in [0.15, 0.2) is 36.4 Å². The average molecular weight is 290 g/mol. The van der Waals surface area contributed by atoms with Gasteiger partial charge in [0.15, 0.2) is 0 Å². The molecule has 1 aromatic carbocycles. The van der Waals surface area contributed by atoms with Crippen LogP contribution in [-0.4, -0.2) is 23.9 Å². The minimum Gasteiger partial charge on any atom is -0.491 e. The third-order valence-electron chi connectivity index (χ3n) is 3.79. The number of ether oxygens (including phenoxy) is 2. The van der Waals surface area contributed by atoms with E-state index in [4.69, 9.17) is 9.47 Å². The van der Waals surface area contributed by atoms with Gasteiger partial charge < -0.3 is 14.6 Å². The van der Waals surface area contributed by atoms with Gasteiger partial charge in [0.25, 0.3) is 0 Å². The Morgan fingerprint density at radius 2 is 1.90 bits per heavy atom. The molecule has 21 heavy (non-hydrogen) atoms. The molecule has 1 fully saturated rings. The summed E-state index contributed by atoms with van der Waals surface area (Å²) in [5.41, 5.74) is 2.23. The van der Waals surface area contributed by atoms with Gasteiger partial charge in [-0.3, -0.25) is 0 Å². The smallest absolute Gasteiger partial charge is 0.125 e. The highest BCUT2D eigenvalue weighted by Gasteiger charge is 2.23. The maximum Gasteiger partial charge on any atom is 0.125 e. The largest absolute Gasteiger partial charge is 0.491 e. The molecule has 0 aliphatic heterocycles. The molecule has 0 bridgehead atoms. The molecule has 3 heteroatoms. The van der Waals surface area contributed by atoms with Crippen LogP contribution in [0.4, 0.5) is 0 Å². The van der Waals surface area contributed by atoms with Crippen LogP contribution in [0.25, 0.3) is 0 Å². The molecule has 1 N–H and O–H groups in total. The third kappa shape index (κ3) is 4.58. The van der Waals surface area contributed by atoms with Gasteiger partial charge in [-0.2, -0.15) is 0 Å². The van der Waals surface area contributed by atoms with Crippen molar-refractivity contribution in [1.82, 2.24) is 0 Å². The molecule has 0 spiro atoms. The van der Waals surface area contributed by atoms with Gasteiger partial charge in [0.2, 0.25) is 0 Å². The number of benzene rings is 1. The summed E-state index contributed by atoms with van der Waals surface area (Å²) < 4.78 is 12.0. The first-order valence-electron chi connectivity index (χ1n) is 7.78. The van der Waals surface area contributed by atoms with Crippen LogP contribution in [0.2, 0.25) is 0 Å². The first kappa shape index (κ1) is 16.1. The number of aliphatic hydroxyl groups excluding tert-OH is 1. The molecule has 116 valence electrons. The molecule has 1 aliphatic rings. The second-order valence-electron chi connectivity index (χ2n) is 5.96. The Morgan fingerprint density at radius 3 is 2.52 bits per heavy atom. The summed E-state index contributed by atoms with van der Waals surface area (Å²) in [4.78, 5) is 0. The van der Waals surface area contributed by atoms with Gasteiger partial charge in [0.1, 0.15) is 11.9 Å². The van der Waals surface area contributed by atoms with E-state index in [9.17, 15) is 5.11 Å². The van der Waals surface area contributed by atoms with E-state index in [1.54, 1.807) is 0 Å². The van der Waals surface area contributed by atoms with Crippen LogP contribution in [0.1, 0.15) is 51.2 Å². The summed E-state index contributed by atoms with van der Waals surface area (Å²) in [6.07, 6.45) is 3.99. The summed E-state index contributed by atoms with van der Waals surface area (Å²) in [6, 6.07) is 7.81. The van der Waals surface area contributed by atoms with Crippen LogP contribution in [-0.2, 0) is 4.74 Å². The van der Waals surface area contributed by atoms with E-state index in [0.717, 1.165) is 37.0 Å². The van der Waals surface area contributed by atoms with Crippen LogP contribution >= 0.6 is 0 Å². The standard InChI is InChI=1S/C18H26O3/c1-13(2)20-17-7-5-4-6-16(17)18(12-19)21-15-10-8-14(3)9-11-15/h4-7,13,15,18-19H,3,8-12H2,1-2H3. The zero-order valence-electron chi connectivity index (χ0n) is 13.0. The fraction of sp³-hybridized carbons (Fsp3) is 0.556. The van der Waals surface area contributed by atoms with Gasteiger partial charge in [-0.25, -0.2) is 0 Å². The second-order valence-corrected chi connectivity index (χ2v) is 5.96. The van der Waals surface area contributed by atoms with E-state index in [1.165, 1.54) is 5.57 Å². The van der Waals surface area contributed by atoms with Gasteiger partial charge in [0, 0.05) is 5.56 Å². The molecule has 1 atom stereocenters. The third-order valence-corrected chi connectivity index (χ3v) is 3.79. The lowest BCUT2D eigenvalue weighted by molar-refractivity contribution is -0.0523. The zero-order chi connectivity index (χ0) is 15.2. The Kier molecular flexibility index (Phi) is 5.83. The first-order chi connectivity index (χ1) is 10.1. The van der Waals surface area contributed by atoms with Crippen molar-refractivity contribution >= 4 is 0 Å². The van der Waals surface area contributed by atoms with E-state index in [0.29, 0.717) is 0 Å². The number of allylic oxidation sites excluding steroid dienone is 1. The molecule has 0 radical (unpaired) electrons. The molecule has 1 saturated carbocycles. The Labute approximate surface area is 127 Å². The van der Waals surface area contributed by atoms with Crippen LogP contribution in [0, 0.1) is 0 Å². The summed E-state index contributed by atoms with van der Waals surface area (Å²) >= 11 is 0. The van der Waals surface area contributed by atoms with Crippen molar-refractivity contribution in [2.24, 2.45) is 0 Å². The topological polar surface area (TPSA) is 38.7 Å². The van der Waals surface area contributed by atoms with Crippen molar-refractivity contribution in [3.63, 3.8) is 0 Å². The highest BCUT2D eigenvalue weighted by molar-refractivity contribution is 5.35. The fourth-order valence-corrected chi connectivity index (χ4v) is 2.69. The number of aliphatic hydroxyl groups is 1. The predicted molar refractivity (Wildman–Crippen MR) is 84.5 cm³/mol. The lowest BCUT2D eigenvalue weighted by Crippen LogP contribution is -2.23. The van der Waals surface area contributed by atoms with E-state index in [1.807, 2.05) is 38.1 Å². The lowest BCUT2D eigenvalue weighted by Gasteiger charge is -2.29. The monoisotopic (exact) mass is 290 g/mol. The molecule has 0 saturated heterocycles. The Morgan fingerprint density at radius 1 is 1.24 bits per heavy atom. The summed E-state index contributed by atoms with van der Waals surface area (Å²) in [5, 5.41) is 9.72. The van der Waals surface area contributed by atoms with E-state index in [2.05, 4.69) is 6.58 Å². The Balaban J connectivity index is 2.08. The number of para-hydroxylation sites is 1. The van der Waals surface area contributed by atoms with Gasteiger partial charge in [-0.1, -0.05) is 30.4 Å². The molecule has 0 aromatic heterocycles. The maximum atomic E-state index is 9.72. The van der Waals surface area contributed by atoms with Crippen molar-refractivity contribution in [3.8, 4) is 5.75 Å². The van der Waals surface area contributed by atoms with Crippen molar-refractivity contribution in [2.75, 3.05) is 6.61 Å². The Hall–Kier alpha value is -1.32. The fourth-order valence-electron chi connectivity index (χ4n) is 2.69. The molecule has 0 amide bonds. The molecule has 1 unspecified atom stereocenters. The van der Waals surface area contributed by atoms with Gasteiger partial charge >= 0.3 is 0 Å². The summed E-state index contributed by atoms with van der Waals surface area (Å²) in [6.45, 7) is 7.99. The van der Waals surface area contributed by atoms with Crippen LogP contribution in [0.5, 0.6) is 5.75 Å². The van der Waals surface area contributed by atoms with Gasteiger partial charge in [0.05, 0.1) is 18.8 Å². The number of hydrogen-bond donors (Lipinski definition) is 1. The van der Waals surface area contributed by atoms with Crippen molar-refractivity contribution in [3.05, 3.63) is 42.0 Å². The highest BCUT2D eigenvalue weighted by Crippen LogP contribution is 2.33. The van der Waals surface area contributed by atoms with Crippen LogP contribution in [0.3, 0.4) is 0 Å². The number of rotatable bonds is 6. The second kappa shape index (κ2) is 7.62. The molecule has 1 aliphatic carbocycles. The molecule has 0 heterocycles. The number of hydrogen-bond acceptors (Lipinski definition) is 3. The predicted octanol–water partition coefficient (Wildman–Crippen LogP) is 4.02. The highest BCUT2D eigenvalue weighted by atomic mass is 16.5. The van der Waals surface area contributed by atoms with Gasteiger partial charge in [-0.05, 0) is 45.6 Å². The van der Waals surface area contributed by atoms with Crippen LogP contribution < -0.4 is 4.74 Å². The van der Waals surface area contributed by atoms with E-state index in [-0.39, 0.29) is 24.9 Å². The Bertz CT molecular complexity index is 457. The lowest BCUT2D eigenvalue weighted by atomic mass is 9.93. The molecule has 3 nitrogen and oxygen atoms in total. The average Bonchev–Trinajstić information content (AvgIpc) is 2.47. The SMILES string of the molecule is C=C1CCC(OC(CO)c2ccccc2OC(C)C)CC1. The minimum atomic E-state index is -0.323. The minimum absolute atomic E-state index is 0.0318.